The third-order valence-corrected chi connectivity index (χ3v) is 2.70. The van der Waals surface area contributed by atoms with E-state index >= 15 is 0 Å². The number of rotatable bonds is 4. The van der Waals surface area contributed by atoms with Gasteiger partial charge in [0.2, 0.25) is 5.79 Å². The summed E-state index contributed by atoms with van der Waals surface area (Å²) < 4.78 is 0. The quantitative estimate of drug-likeness (QED) is 0.596. The van der Waals surface area contributed by atoms with Gasteiger partial charge in [0, 0.05) is 5.56 Å². The van der Waals surface area contributed by atoms with Crippen molar-refractivity contribution in [2.45, 2.75) is 30.9 Å². The van der Waals surface area contributed by atoms with Gasteiger partial charge in [-0.1, -0.05) is 43.7 Å². The minimum atomic E-state index is -1.93. The summed E-state index contributed by atoms with van der Waals surface area (Å²) in [5.74, 6) is -1.93. The summed E-state index contributed by atoms with van der Waals surface area (Å²) in [6.45, 7) is 1.95. The lowest BCUT2D eigenvalue weighted by atomic mass is 10.00. The van der Waals surface area contributed by atoms with Crippen LogP contribution < -0.4 is 0 Å². The summed E-state index contributed by atoms with van der Waals surface area (Å²) in [5.41, 5.74) is 0.438. The molecule has 0 aliphatic carbocycles. The van der Waals surface area contributed by atoms with Crippen molar-refractivity contribution in [1.29, 1.82) is 0 Å². The lowest BCUT2D eigenvalue weighted by molar-refractivity contribution is -0.171. The lowest BCUT2D eigenvalue weighted by Crippen LogP contribution is -2.35. The van der Waals surface area contributed by atoms with Gasteiger partial charge in [0.15, 0.2) is 0 Å². The first-order chi connectivity index (χ1) is 6.59. The second-order valence-electron chi connectivity index (χ2n) is 3.35. The minimum Gasteiger partial charge on any atom is -0.361 e. The molecule has 1 aromatic rings. The first-order valence-corrected chi connectivity index (χ1v) is 5.17. The van der Waals surface area contributed by atoms with Crippen molar-refractivity contribution in [2.24, 2.45) is 0 Å². The molecule has 0 aromatic heterocycles. The Labute approximate surface area is 89.1 Å². The van der Waals surface area contributed by atoms with Crippen molar-refractivity contribution in [1.82, 2.24) is 0 Å². The first kappa shape index (κ1) is 11.5. The predicted octanol–water partition coefficient (Wildman–Crippen LogP) is 2.23. The summed E-state index contributed by atoms with van der Waals surface area (Å²) in [6.07, 6.45) is 1.40. The van der Waals surface area contributed by atoms with Crippen LogP contribution in [0.5, 0.6) is 0 Å². The molecular weight excluding hydrogens is 200 g/mol. The predicted molar refractivity (Wildman–Crippen MR) is 57.1 cm³/mol. The third kappa shape index (κ3) is 2.47. The maximum Gasteiger partial charge on any atom is 0.206 e. The van der Waals surface area contributed by atoms with Crippen LogP contribution in [0.2, 0.25) is 0 Å². The second-order valence-corrected chi connectivity index (χ2v) is 3.88. The summed E-state index contributed by atoms with van der Waals surface area (Å²) in [5, 5.41) is 18.9. The SMILES string of the molecule is CCCC(Cl)C(O)(O)c1ccccc1. The Bertz CT molecular complexity index is 272. The molecule has 78 valence electrons. The molecular formula is C11H15ClO2. The number of hydrogen-bond donors (Lipinski definition) is 2. The Morgan fingerprint density at radius 2 is 1.86 bits per heavy atom. The molecule has 1 rings (SSSR count). The van der Waals surface area contributed by atoms with Crippen molar-refractivity contribution in [3.63, 3.8) is 0 Å². The average molecular weight is 215 g/mol. The normalized spacial score (nSPS) is 14.0. The smallest absolute Gasteiger partial charge is 0.206 e. The maximum absolute atomic E-state index is 9.81. The first-order valence-electron chi connectivity index (χ1n) is 4.73. The van der Waals surface area contributed by atoms with E-state index in [-0.39, 0.29) is 0 Å². The van der Waals surface area contributed by atoms with Crippen LogP contribution in [0.15, 0.2) is 30.3 Å². The molecule has 1 atom stereocenters. The fourth-order valence-electron chi connectivity index (χ4n) is 1.32. The van der Waals surface area contributed by atoms with Gasteiger partial charge < -0.3 is 10.2 Å². The highest BCUT2D eigenvalue weighted by Crippen LogP contribution is 2.28. The topological polar surface area (TPSA) is 40.5 Å². The van der Waals surface area contributed by atoms with E-state index < -0.39 is 11.2 Å². The van der Waals surface area contributed by atoms with Gasteiger partial charge in [-0.3, -0.25) is 0 Å². The molecule has 2 nitrogen and oxygen atoms in total. The molecule has 1 unspecified atom stereocenters. The van der Waals surface area contributed by atoms with E-state index in [1.165, 1.54) is 0 Å². The van der Waals surface area contributed by atoms with Crippen LogP contribution in [0.25, 0.3) is 0 Å². The van der Waals surface area contributed by atoms with Crippen LogP contribution in [-0.4, -0.2) is 15.6 Å². The van der Waals surface area contributed by atoms with Gasteiger partial charge in [-0.05, 0) is 6.42 Å². The second kappa shape index (κ2) is 4.78. The molecule has 0 saturated heterocycles. The van der Waals surface area contributed by atoms with Crippen molar-refractivity contribution < 1.29 is 10.2 Å². The van der Waals surface area contributed by atoms with Crippen molar-refractivity contribution in [3.8, 4) is 0 Å². The molecule has 0 aliphatic heterocycles. The van der Waals surface area contributed by atoms with Crippen molar-refractivity contribution in [2.75, 3.05) is 0 Å². The zero-order chi connectivity index (χ0) is 10.6. The van der Waals surface area contributed by atoms with Crippen LogP contribution in [0.3, 0.4) is 0 Å². The summed E-state index contributed by atoms with van der Waals surface area (Å²) in [4.78, 5) is 0. The van der Waals surface area contributed by atoms with Gasteiger partial charge in [0.1, 0.15) is 0 Å². The van der Waals surface area contributed by atoms with E-state index in [4.69, 9.17) is 11.6 Å². The van der Waals surface area contributed by atoms with Gasteiger partial charge in [-0.2, -0.15) is 0 Å². The zero-order valence-electron chi connectivity index (χ0n) is 8.15. The summed E-state index contributed by atoms with van der Waals surface area (Å²) in [6, 6.07) is 8.65. The van der Waals surface area contributed by atoms with Gasteiger partial charge >= 0.3 is 0 Å². The van der Waals surface area contributed by atoms with Gasteiger partial charge in [0.25, 0.3) is 0 Å². The minimum absolute atomic E-state index is 0.438. The van der Waals surface area contributed by atoms with Crippen LogP contribution in [0.4, 0.5) is 0 Å². The van der Waals surface area contributed by atoms with Gasteiger partial charge in [-0.25, -0.2) is 0 Å². The Kier molecular flexibility index (Phi) is 3.93. The van der Waals surface area contributed by atoms with E-state index in [0.29, 0.717) is 12.0 Å². The summed E-state index contributed by atoms with van der Waals surface area (Å²) >= 11 is 5.91. The monoisotopic (exact) mass is 214 g/mol. The van der Waals surface area contributed by atoms with Crippen LogP contribution in [-0.2, 0) is 5.79 Å². The fraction of sp³-hybridized carbons (Fsp3) is 0.455. The molecule has 0 amide bonds. The highest BCUT2D eigenvalue weighted by atomic mass is 35.5. The van der Waals surface area contributed by atoms with E-state index in [0.717, 1.165) is 6.42 Å². The summed E-state index contributed by atoms with van der Waals surface area (Å²) in [7, 11) is 0. The fourth-order valence-corrected chi connectivity index (χ4v) is 1.66. The highest BCUT2D eigenvalue weighted by molar-refractivity contribution is 6.21. The van der Waals surface area contributed by atoms with E-state index in [9.17, 15) is 10.2 Å². The Hall–Kier alpha value is -0.570. The lowest BCUT2D eigenvalue weighted by Gasteiger charge is -2.27. The molecule has 2 N–H and O–H groups in total. The number of halogens is 1. The van der Waals surface area contributed by atoms with Crippen molar-refractivity contribution >= 4 is 11.6 Å². The molecule has 0 bridgehead atoms. The van der Waals surface area contributed by atoms with Crippen LogP contribution in [0.1, 0.15) is 25.3 Å². The van der Waals surface area contributed by atoms with Crippen LogP contribution >= 0.6 is 11.6 Å². The molecule has 0 aliphatic rings. The van der Waals surface area contributed by atoms with E-state index in [1.54, 1.807) is 24.3 Å². The Morgan fingerprint density at radius 1 is 1.29 bits per heavy atom. The Morgan fingerprint density at radius 3 is 2.36 bits per heavy atom. The Balaban J connectivity index is 2.84. The molecule has 14 heavy (non-hydrogen) atoms. The molecule has 0 radical (unpaired) electrons. The number of benzene rings is 1. The number of alkyl halides is 1. The molecule has 1 aromatic carbocycles. The standard InChI is InChI=1S/C11H15ClO2/c1-2-6-10(12)11(13,14)9-7-4-3-5-8-9/h3-5,7-8,10,13-14H,2,6H2,1H3. The highest BCUT2D eigenvalue weighted by Gasteiger charge is 2.33. The number of aliphatic hydroxyl groups is 2. The van der Waals surface area contributed by atoms with Gasteiger partial charge in [0.05, 0.1) is 5.38 Å². The van der Waals surface area contributed by atoms with E-state index in [2.05, 4.69) is 0 Å². The van der Waals surface area contributed by atoms with E-state index in [1.807, 2.05) is 13.0 Å². The maximum atomic E-state index is 9.81. The third-order valence-electron chi connectivity index (χ3n) is 2.18. The molecule has 0 fully saturated rings. The van der Waals surface area contributed by atoms with Crippen molar-refractivity contribution in [3.05, 3.63) is 35.9 Å². The average Bonchev–Trinajstić information content (AvgIpc) is 2.19. The largest absolute Gasteiger partial charge is 0.361 e. The van der Waals surface area contributed by atoms with Gasteiger partial charge in [-0.15, -0.1) is 11.6 Å². The molecule has 0 heterocycles. The molecule has 0 spiro atoms. The molecule has 3 heteroatoms. The number of hydrogen-bond acceptors (Lipinski definition) is 2. The van der Waals surface area contributed by atoms with Crippen LogP contribution in [0, 0.1) is 0 Å². The zero-order valence-corrected chi connectivity index (χ0v) is 8.91. The molecule has 0 saturated carbocycles.